The van der Waals surface area contributed by atoms with E-state index in [2.05, 4.69) is 0 Å². The number of thioether (sulfide) groups is 1. The van der Waals surface area contributed by atoms with Crippen LogP contribution in [0.3, 0.4) is 0 Å². The van der Waals surface area contributed by atoms with Crippen LogP contribution >= 0.6 is 24.0 Å². The van der Waals surface area contributed by atoms with E-state index in [-0.39, 0.29) is 22.2 Å². The number of nitro benzene ring substituents is 1. The Labute approximate surface area is 189 Å². The lowest BCUT2D eigenvalue weighted by atomic mass is 10.2. The Hall–Kier alpha value is -2.76. The van der Waals surface area contributed by atoms with E-state index in [4.69, 9.17) is 16.4 Å². The Morgan fingerprint density at radius 1 is 1.23 bits per heavy atom. The summed E-state index contributed by atoms with van der Waals surface area (Å²) in [6.07, 6.45) is 2.47. The molecule has 8 nitrogen and oxygen atoms in total. The maximum Gasteiger partial charge on any atom is 0.339 e. The highest BCUT2D eigenvalue weighted by atomic mass is 32.2. The summed E-state index contributed by atoms with van der Waals surface area (Å²) in [5.74, 6) is -0.111. The van der Waals surface area contributed by atoms with Crippen molar-refractivity contribution < 1.29 is 22.3 Å². The van der Waals surface area contributed by atoms with Gasteiger partial charge in [-0.1, -0.05) is 49.1 Å². The molecule has 0 aromatic heterocycles. The Morgan fingerprint density at radius 2 is 1.90 bits per heavy atom. The Balaban J connectivity index is 1.78. The lowest BCUT2D eigenvalue weighted by molar-refractivity contribution is -0.385. The van der Waals surface area contributed by atoms with Crippen LogP contribution in [0, 0.1) is 17.0 Å². The molecule has 0 radical (unpaired) electrons. The maximum absolute atomic E-state index is 12.5. The van der Waals surface area contributed by atoms with Crippen molar-refractivity contribution in [1.82, 2.24) is 4.90 Å². The highest BCUT2D eigenvalue weighted by molar-refractivity contribution is 8.26. The van der Waals surface area contributed by atoms with Gasteiger partial charge in [-0.2, -0.15) is 8.42 Å². The molecular formula is C20H18N2O6S3. The summed E-state index contributed by atoms with van der Waals surface area (Å²) in [5, 5.41) is 11.1. The van der Waals surface area contributed by atoms with Crippen molar-refractivity contribution in [2.75, 3.05) is 6.54 Å². The number of carbonyl (C=O) groups is 1. The second-order valence-electron chi connectivity index (χ2n) is 6.65. The molecule has 31 heavy (non-hydrogen) atoms. The molecule has 0 bridgehead atoms. The molecule has 1 heterocycles. The molecule has 0 spiro atoms. The van der Waals surface area contributed by atoms with Crippen molar-refractivity contribution >= 4 is 56.1 Å². The molecule has 1 amide bonds. The average molecular weight is 479 g/mol. The highest BCUT2D eigenvalue weighted by Crippen LogP contribution is 2.33. The van der Waals surface area contributed by atoms with Crippen molar-refractivity contribution in [3.05, 3.63) is 68.6 Å². The van der Waals surface area contributed by atoms with Crippen LogP contribution in [0.4, 0.5) is 5.69 Å². The fourth-order valence-corrected chi connectivity index (χ4v) is 5.06. The van der Waals surface area contributed by atoms with Crippen molar-refractivity contribution in [2.45, 2.75) is 25.2 Å². The Morgan fingerprint density at radius 3 is 2.52 bits per heavy atom. The van der Waals surface area contributed by atoms with Gasteiger partial charge in [0.25, 0.3) is 11.6 Å². The topological polar surface area (TPSA) is 107 Å². The zero-order chi connectivity index (χ0) is 22.8. The molecule has 1 fully saturated rings. The zero-order valence-electron chi connectivity index (χ0n) is 16.6. The third-order valence-electron chi connectivity index (χ3n) is 4.37. The first-order valence-electron chi connectivity index (χ1n) is 9.17. The Kier molecular flexibility index (Phi) is 6.77. The number of thiocarbonyl (C=S) groups is 1. The number of benzene rings is 2. The van der Waals surface area contributed by atoms with Crippen LogP contribution in [0.15, 0.2) is 52.3 Å². The van der Waals surface area contributed by atoms with Crippen LogP contribution in [0.1, 0.15) is 24.5 Å². The predicted molar refractivity (Wildman–Crippen MR) is 122 cm³/mol. The van der Waals surface area contributed by atoms with Crippen LogP contribution in [-0.4, -0.2) is 35.0 Å². The van der Waals surface area contributed by atoms with E-state index in [1.54, 1.807) is 23.1 Å². The van der Waals surface area contributed by atoms with Gasteiger partial charge in [-0.25, -0.2) is 0 Å². The lowest BCUT2D eigenvalue weighted by Gasteiger charge is -2.11. The number of aryl methyl sites for hydroxylation is 1. The van der Waals surface area contributed by atoms with Gasteiger partial charge >= 0.3 is 10.1 Å². The quantitative estimate of drug-likeness (QED) is 0.191. The van der Waals surface area contributed by atoms with E-state index >= 15 is 0 Å². The first-order chi connectivity index (χ1) is 14.6. The van der Waals surface area contributed by atoms with Gasteiger partial charge < -0.3 is 4.18 Å². The van der Waals surface area contributed by atoms with Crippen LogP contribution in [0.5, 0.6) is 5.75 Å². The first-order valence-corrected chi connectivity index (χ1v) is 11.8. The van der Waals surface area contributed by atoms with E-state index in [1.807, 2.05) is 6.92 Å². The standard InChI is InChI=1S/C20H18N2O6S3/c1-3-10-21-19(23)18(30-20(21)29)11-14-5-7-15(8-6-14)28-31(26,27)16-9-4-13(2)17(12-16)22(24)25/h4-9,11-12H,3,10H2,1-2H3/b18-11+. The predicted octanol–water partition coefficient (Wildman–Crippen LogP) is 4.28. The van der Waals surface area contributed by atoms with E-state index in [9.17, 15) is 23.3 Å². The smallest absolute Gasteiger partial charge is 0.339 e. The summed E-state index contributed by atoms with van der Waals surface area (Å²) in [6, 6.07) is 9.68. The van der Waals surface area contributed by atoms with Crippen LogP contribution < -0.4 is 4.18 Å². The fourth-order valence-electron chi connectivity index (χ4n) is 2.80. The molecule has 3 rings (SSSR count). The molecular weight excluding hydrogens is 460 g/mol. The van der Waals surface area contributed by atoms with Crippen LogP contribution in [0.25, 0.3) is 6.08 Å². The second kappa shape index (κ2) is 9.16. The van der Waals surface area contributed by atoms with Gasteiger partial charge in [-0.3, -0.25) is 19.8 Å². The van der Waals surface area contributed by atoms with E-state index in [1.165, 1.54) is 43.0 Å². The van der Waals surface area contributed by atoms with E-state index < -0.39 is 15.0 Å². The molecule has 2 aromatic carbocycles. The number of rotatable bonds is 7. The SMILES string of the molecule is CCCN1C(=O)/C(=C\c2ccc(OS(=O)(=O)c3ccc(C)c([N+](=O)[O-])c3)cc2)SC1=S. The summed E-state index contributed by atoms with van der Waals surface area (Å²) < 4.78 is 30.6. The molecule has 0 aliphatic carbocycles. The largest absolute Gasteiger partial charge is 0.379 e. The van der Waals surface area contributed by atoms with Crippen LogP contribution in [0.2, 0.25) is 0 Å². The molecule has 1 aliphatic heterocycles. The van der Waals surface area contributed by atoms with Crippen molar-refractivity contribution in [3.63, 3.8) is 0 Å². The minimum Gasteiger partial charge on any atom is -0.379 e. The van der Waals surface area contributed by atoms with E-state index in [0.717, 1.165) is 12.5 Å². The summed E-state index contributed by atoms with van der Waals surface area (Å²) in [5.41, 5.74) is 0.714. The number of hydrogen-bond donors (Lipinski definition) is 0. The van der Waals surface area contributed by atoms with Gasteiger partial charge in [0.1, 0.15) is 15.0 Å². The maximum atomic E-state index is 12.5. The lowest BCUT2D eigenvalue weighted by Crippen LogP contribution is -2.28. The molecule has 2 aromatic rings. The third-order valence-corrected chi connectivity index (χ3v) is 6.99. The molecule has 0 saturated carbocycles. The van der Waals surface area contributed by atoms with Gasteiger partial charge in [-0.15, -0.1) is 0 Å². The minimum absolute atomic E-state index is 0.0407. The number of nitrogens with zero attached hydrogens (tertiary/aromatic N) is 2. The Bertz CT molecular complexity index is 1190. The molecule has 162 valence electrons. The van der Waals surface area contributed by atoms with Gasteiger partial charge in [0.15, 0.2) is 0 Å². The second-order valence-corrected chi connectivity index (χ2v) is 9.87. The van der Waals surface area contributed by atoms with Crippen molar-refractivity contribution in [2.24, 2.45) is 0 Å². The molecule has 0 unspecified atom stereocenters. The summed E-state index contributed by atoms with van der Waals surface area (Å²) in [6.45, 7) is 4.04. The fraction of sp³-hybridized carbons (Fsp3) is 0.200. The molecule has 11 heteroatoms. The summed E-state index contributed by atoms with van der Waals surface area (Å²) in [7, 11) is -4.25. The van der Waals surface area contributed by atoms with E-state index in [0.29, 0.717) is 26.9 Å². The number of carbonyl (C=O) groups excluding carboxylic acids is 1. The third kappa shape index (κ3) is 5.12. The summed E-state index contributed by atoms with van der Waals surface area (Å²) >= 11 is 6.45. The molecule has 0 N–H and O–H groups in total. The average Bonchev–Trinajstić information content (AvgIpc) is 2.97. The molecule has 1 saturated heterocycles. The number of nitro groups is 1. The summed E-state index contributed by atoms with van der Waals surface area (Å²) in [4.78, 5) is 24.6. The number of amides is 1. The van der Waals surface area contributed by atoms with Gasteiger partial charge in [0.05, 0.1) is 9.83 Å². The van der Waals surface area contributed by atoms with Crippen molar-refractivity contribution in [3.8, 4) is 5.75 Å². The van der Waals surface area contributed by atoms with Crippen molar-refractivity contribution in [1.29, 1.82) is 0 Å². The monoisotopic (exact) mass is 478 g/mol. The van der Waals surface area contributed by atoms with Gasteiger partial charge in [-0.05, 0) is 43.2 Å². The first kappa shape index (κ1) is 22.9. The van der Waals surface area contributed by atoms with Crippen LogP contribution in [-0.2, 0) is 14.9 Å². The number of hydrogen-bond acceptors (Lipinski definition) is 8. The molecule has 0 atom stereocenters. The highest BCUT2D eigenvalue weighted by Gasteiger charge is 2.31. The zero-order valence-corrected chi connectivity index (χ0v) is 19.1. The minimum atomic E-state index is -4.25. The normalized spacial score (nSPS) is 15.5. The van der Waals surface area contributed by atoms with Gasteiger partial charge in [0.2, 0.25) is 0 Å². The van der Waals surface area contributed by atoms with Gasteiger partial charge in [0, 0.05) is 18.2 Å². The molecule has 1 aliphatic rings.